The fourth-order valence-corrected chi connectivity index (χ4v) is 1.61. The summed E-state index contributed by atoms with van der Waals surface area (Å²) >= 11 is 0. The largest absolute Gasteiger partial charge is 0.395 e. The molecule has 1 amide bonds. The number of nitrogens with one attached hydrogen (secondary N) is 2. The summed E-state index contributed by atoms with van der Waals surface area (Å²) in [7, 11) is 0. The Morgan fingerprint density at radius 2 is 2.12 bits per heavy atom. The summed E-state index contributed by atoms with van der Waals surface area (Å²) in [6.45, 7) is 6.25. The zero-order valence-corrected chi connectivity index (χ0v) is 10.6. The third-order valence-corrected chi connectivity index (χ3v) is 2.42. The Morgan fingerprint density at radius 3 is 2.71 bits per heavy atom. The summed E-state index contributed by atoms with van der Waals surface area (Å²) in [5, 5.41) is 14.6. The minimum absolute atomic E-state index is 0.0469. The van der Waals surface area contributed by atoms with Crippen molar-refractivity contribution in [1.82, 2.24) is 5.32 Å². The van der Waals surface area contributed by atoms with Gasteiger partial charge in [0.1, 0.15) is 0 Å². The molecule has 0 saturated carbocycles. The second-order valence-electron chi connectivity index (χ2n) is 4.26. The summed E-state index contributed by atoms with van der Waals surface area (Å²) < 4.78 is 0. The molecule has 0 fully saturated rings. The van der Waals surface area contributed by atoms with E-state index >= 15 is 0 Å². The van der Waals surface area contributed by atoms with Crippen LogP contribution in [0.3, 0.4) is 0 Å². The molecule has 3 N–H and O–H groups in total. The minimum Gasteiger partial charge on any atom is -0.395 e. The van der Waals surface area contributed by atoms with Gasteiger partial charge in [-0.2, -0.15) is 0 Å². The molecule has 0 aliphatic heterocycles. The normalized spacial score (nSPS) is 10.4. The van der Waals surface area contributed by atoms with Crippen LogP contribution in [0.4, 0.5) is 5.69 Å². The molecule has 0 heterocycles. The fourth-order valence-electron chi connectivity index (χ4n) is 1.61. The number of hydrogen-bond acceptors (Lipinski definition) is 3. The second-order valence-corrected chi connectivity index (χ2v) is 4.26. The molecule has 4 heteroatoms. The average molecular weight is 236 g/mol. The molecule has 0 saturated heterocycles. The van der Waals surface area contributed by atoms with Crippen LogP contribution in [0, 0.1) is 6.92 Å². The monoisotopic (exact) mass is 236 g/mol. The maximum absolute atomic E-state index is 11.8. The molecule has 0 radical (unpaired) electrons. The molecule has 0 aromatic heterocycles. The summed E-state index contributed by atoms with van der Waals surface area (Å²) in [5.74, 6) is -0.149. The summed E-state index contributed by atoms with van der Waals surface area (Å²) in [6, 6.07) is 5.92. The maximum atomic E-state index is 11.8. The van der Waals surface area contributed by atoms with Gasteiger partial charge >= 0.3 is 0 Å². The van der Waals surface area contributed by atoms with Crippen LogP contribution >= 0.6 is 0 Å². The van der Waals surface area contributed by atoms with Crippen molar-refractivity contribution in [2.45, 2.75) is 26.8 Å². The highest BCUT2D eigenvalue weighted by atomic mass is 16.3. The molecule has 1 aromatic carbocycles. The molecule has 0 unspecified atom stereocenters. The van der Waals surface area contributed by atoms with Crippen LogP contribution in [0.5, 0.6) is 0 Å². The van der Waals surface area contributed by atoms with E-state index in [2.05, 4.69) is 24.5 Å². The number of hydrogen-bond donors (Lipinski definition) is 3. The van der Waals surface area contributed by atoms with Crippen molar-refractivity contribution in [2.75, 3.05) is 18.5 Å². The third kappa shape index (κ3) is 3.75. The lowest BCUT2D eigenvalue weighted by molar-refractivity contribution is 0.0944. The molecular weight excluding hydrogens is 216 g/mol. The van der Waals surface area contributed by atoms with Crippen LogP contribution in [-0.2, 0) is 0 Å². The van der Waals surface area contributed by atoms with Crippen molar-refractivity contribution in [3.63, 3.8) is 0 Å². The summed E-state index contributed by atoms with van der Waals surface area (Å²) in [6.07, 6.45) is 0. The first-order valence-corrected chi connectivity index (χ1v) is 5.81. The van der Waals surface area contributed by atoms with Crippen molar-refractivity contribution in [1.29, 1.82) is 0 Å². The third-order valence-electron chi connectivity index (χ3n) is 2.42. The van der Waals surface area contributed by atoms with E-state index in [-0.39, 0.29) is 19.1 Å². The van der Waals surface area contributed by atoms with Gasteiger partial charge in [-0.15, -0.1) is 0 Å². The maximum Gasteiger partial charge on any atom is 0.251 e. The van der Waals surface area contributed by atoms with Gasteiger partial charge in [-0.3, -0.25) is 4.79 Å². The Kier molecular flexibility index (Phi) is 4.97. The van der Waals surface area contributed by atoms with Gasteiger partial charge in [0.25, 0.3) is 5.91 Å². The smallest absolute Gasteiger partial charge is 0.251 e. The lowest BCUT2D eigenvalue weighted by Crippen LogP contribution is -2.27. The van der Waals surface area contributed by atoms with E-state index in [1.54, 1.807) is 6.07 Å². The topological polar surface area (TPSA) is 61.4 Å². The minimum atomic E-state index is -0.149. The highest BCUT2D eigenvalue weighted by Gasteiger charge is 2.11. The van der Waals surface area contributed by atoms with Crippen LogP contribution in [0.25, 0.3) is 0 Å². The Bertz CT molecular complexity index is 389. The predicted molar refractivity (Wildman–Crippen MR) is 69.4 cm³/mol. The fraction of sp³-hybridized carbons (Fsp3) is 0.462. The van der Waals surface area contributed by atoms with E-state index in [0.717, 1.165) is 11.3 Å². The van der Waals surface area contributed by atoms with E-state index in [1.165, 1.54) is 0 Å². The predicted octanol–water partition coefficient (Wildman–Crippen LogP) is 1.54. The summed E-state index contributed by atoms with van der Waals surface area (Å²) in [4.78, 5) is 11.8. The van der Waals surface area contributed by atoms with Crippen molar-refractivity contribution in [2.24, 2.45) is 0 Å². The van der Waals surface area contributed by atoms with E-state index in [9.17, 15) is 4.79 Å². The van der Waals surface area contributed by atoms with Gasteiger partial charge in [0.2, 0.25) is 0 Å². The number of aliphatic hydroxyl groups is 1. The number of rotatable bonds is 5. The van der Waals surface area contributed by atoms with Gasteiger partial charge < -0.3 is 15.7 Å². The molecule has 0 aliphatic rings. The van der Waals surface area contributed by atoms with Crippen LogP contribution < -0.4 is 10.6 Å². The first-order valence-electron chi connectivity index (χ1n) is 5.81. The standard InChI is InChI=1S/C13H20N2O2/c1-9(2)15-12-6-4-5-11(10(12)3)13(17)14-7-8-16/h4-6,9,15-16H,7-8H2,1-3H3,(H,14,17). The van der Waals surface area contributed by atoms with Gasteiger partial charge in [-0.1, -0.05) is 6.07 Å². The number of anilines is 1. The van der Waals surface area contributed by atoms with Crippen LogP contribution in [0.2, 0.25) is 0 Å². The van der Waals surface area contributed by atoms with Crippen LogP contribution in [-0.4, -0.2) is 30.2 Å². The van der Waals surface area contributed by atoms with Gasteiger partial charge in [0.15, 0.2) is 0 Å². The lowest BCUT2D eigenvalue weighted by atomic mass is 10.1. The lowest BCUT2D eigenvalue weighted by Gasteiger charge is -2.15. The Hall–Kier alpha value is -1.55. The van der Waals surface area contributed by atoms with Crippen LogP contribution in [0.1, 0.15) is 29.8 Å². The van der Waals surface area contributed by atoms with Crippen LogP contribution in [0.15, 0.2) is 18.2 Å². The van der Waals surface area contributed by atoms with Crippen molar-refractivity contribution < 1.29 is 9.90 Å². The quantitative estimate of drug-likeness (QED) is 0.726. The molecule has 0 spiro atoms. The molecule has 1 aromatic rings. The number of carbonyl (C=O) groups is 1. The van der Waals surface area contributed by atoms with Crippen molar-refractivity contribution in [3.8, 4) is 0 Å². The molecule has 0 atom stereocenters. The Labute approximate surface area is 102 Å². The second kappa shape index (κ2) is 6.25. The molecule has 94 valence electrons. The first-order chi connectivity index (χ1) is 8.06. The molecular formula is C13H20N2O2. The zero-order chi connectivity index (χ0) is 12.8. The summed E-state index contributed by atoms with van der Waals surface area (Å²) in [5.41, 5.74) is 2.54. The Balaban J connectivity index is 2.89. The number of carbonyl (C=O) groups excluding carboxylic acids is 1. The van der Waals surface area contributed by atoms with Gasteiger partial charge in [-0.25, -0.2) is 0 Å². The SMILES string of the molecule is Cc1c(NC(C)C)cccc1C(=O)NCCO. The van der Waals surface area contributed by atoms with Crippen molar-refractivity contribution >= 4 is 11.6 Å². The van der Waals surface area contributed by atoms with Gasteiger partial charge in [-0.05, 0) is 38.5 Å². The van der Waals surface area contributed by atoms with Crippen molar-refractivity contribution in [3.05, 3.63) is 29.3 Å². The highest BCUT2D eigenvalue weighted by molar-refractivity contribution is 5.97. The van der Waals surface area contributed by atoms with E-state index in [4.69, 9.17) is 5.11 Å². The zero-order valence-electron chi connectivity index (χ0n) is 10.6. The van der Waals surface area contributed by atoms with Gasteiger partial charge in [0.05, 0.1) is 6.61 Å². The molecule has 0 bridgehead atoms. The average Bonchev–Trinajstić information content (AvgIpc) is 2.28. The van der Waals surface area contributed by atoms with E-state index in [0.29, 0.717) is 11.6 Å². The first kappa shape index (κ1) is 13.5. The molecule has 4 nitrogen and oxygen atoms in total. The number of benzene rings is 1. The highest BCUT2D eigenvalue weighted by Crippen LogP contribution is 2.19. The van der Waals surface area contributed by atoms with E-state index in [1.807, 2.05) is 19.1 Å². The molecule has 0 aliphatic carbocycles. The van der Waals surface area contributed by atoms with E-state index < -0.39 is 0 Å². The Morgan fingerprint density at radius 1 is 1.41 bits per heavy atom. The number of amides is 1. The van der Waals surface area contributed by atoms with Gasteiger partial charge in [0, 0.05) is 23.8 Å². The molecule has 17 heavy (non-hydrogen) atoms. The molecule has 1 rings (SSSR count). The number of aliphatic hydroxyl groups excluding tert-OH is 1.